The monoisotopic (exact) mass is 398 g/mol. The maximum Gasteiger partial charge on any atom is 0.0443 e. The summed E-state index contributed by atoms with van der Waals surface area (Å²) in [5, 5.41) is 0. The molecule has 0 N–H and O–H groups in total. The first-order chi connectivity index (χ1) is 11.5. The molecule has 1 heteroatoms. The predicted molar refractivity (Wildman–Crippen MR) is 114 cm³/mol. The van der Waals surface area contributed by atoms with Crippen LogP contribution in [-0.4, -0.2) is 0 Å². The van der Waals surface area contributed by atoms with E-state index < -0.39 is 0 Å². The molecule has 134 valence electrons. The van der Waals surface area contributed by atoms with Crippen molar-refractivity contribution in [3.63, 3.8) is 0 Å². The molecule has 25 heavy (non-hydrogen) atoms. The van der Waals surface area contributed by atoms with Crippen LogP contribution in [0.2, 0.25) is 0 Å². The molecule has 1 aliphatic rings. The summed E-state index contributed by atoms with van der Waals surface area (Å²) in [6, 6.07) is 14.1. The first-order valence-electron chi connectivity index (χ1n) is 9.38. The third-order valence-electron chi connectivity index (χ3n) is 5.78. The van der Waals surface area contributed by atoms with E-state index >= 15 is 0 Å². The van der Waals surface area contributed by atoms with Gasteiger partial charge in [-0.2, -0.15) is 0 Å². The summed E-state index contributed by atoms with van der Waals surface area (Å²) in [5.41, 5.74) is 9.17. The van der Waals surface area contributed by atoms with Crippen LogP contribution in [0.25, 0.3) is 11.1 Å². The van der Waals surface area contributed by atoms with E-state index in [4.69, 9.17) is 0 Å². The molecule has 0 amide bonds. The smallest absolute Gasteiger partial charge is 0.0443 e. The highest BCUT2D eigenvalue weighted by molar-refractivity contribution is 9.09. The van der Waals surface area contributed by atoms with Gasteiger partial charge in [0.05, 0.1) is 0 Å². The number of hydrogen-bond donors (Lipinski definition) is 0. The average Bonchev–Trinajstić information content (AvgIpc) is 2.88. The van der Waals surface area contributed by atoms with Gasteiger partial charge in [0, 0.05) is 4.83 Å². The molecule has 0 spiro atoms. The molecular formula is C24H31Br. The standard InChI is InChI=1S/C24H31Br/c1-15(23(2,3)4)16-8-10-20-18(12-16)14-19-13-17(9-11-21(19)20)22(25)24(5,6)7/h8-13,15,22H,14H2,1-7H3. The van der Waals surface area contributed by atoms with Crippen LogP contribution in [0.5, 0.6) is 0 Å². The molecule has 2 aromatic carbocycles. The van der Waals surface area contributed by atoms with E-state index in [1.54, 1.807) is 0 Å². The zero-order valence-corrected chi connectivity index (χ0v) is 18.3. The van der Waals surface area contributed by atoms with E-state index in [2.05, 4.69) is 101 Å². The van der Waals surface area contributed by atoms with E-state index in [-0.39, 0.29) is 5.41 Å². The topological polar surface area (TPSA) is 0 Å². The van der Waals surface area contributed by atoms with Crippen molar-refractivity contribution in [3.8, 4) is 11.1 Å². The summed E-state index contributed by atoms with van der Waals surface area (Å²) in [6.45, 7) is 16.2. The van der Waals surface area contributed by atoms with Crippen molar-refractivity contribution in [1.29, 1.82) is 0 Å². The van der Waals surface area contributed by atoms with Crippen molar-refractivity contribution in [2.45, 2.75) is 65.6 Å². The summed E-state index contributed by atoms with van der Waals surface area (Å²) >= 11 is 3.90. The zero-order chi connectivity index (χ0) is 18.6. The van der Waals surface area contributed by atoms with Gasteiger partial charge in [0.15, 0.2) is 0 Å². The van der Waals surface area contributed by atoms with Crippen molar-refractivity contribution in [2.75, 3.05) is 0 Å². The molecule has 0 saturated carbocycles. The second kappa shape index (κ2) is 6.27. The molecule has 2 atom stereocenters. The third-order valence-corrected chi connectivity index (χ3v) is 7.68. The minimum Gasteiger partial charge on any atom is -0.0833 e. The third kappa shape index (κ3) is 3.58. The predicted octanol–water partition coefficient (Wildman–Crippen LogP) is 7.89. The highest BCUT2D eigenvalue weighted by Crippen LogP contribution is 2.45. The van der Waals surface area contributed by atoms with Gasteiger partial charge in [-0.15, -0.1) is 0 Å². The Labute approximate surface area is 162 Å². The Hall–Kier alpha value is -1.08. The van der Waals surface area contributed by atoms with E-state index in [1.807, 2.05) is 0 Å². The lowest BCUT2D eigenvalue weighted by Crippen LogP contribution is -2.15. The Kier molecular flexibility index (Phi) is 4.69. The molecular weight excluding hydrogens is 368 g/mol. The van der Waals surface area contributed by atoms with Crippen LogP contribution < -0.4 is 0 Å². The van der Waals surface area contributed by atoms with Gasteiger partial charge in [-0.3, -0.25) is 0 Å². The summed E-state index contributed by atoms with van der Waals surface area (Å²) in [5.74, 6) is 0.560. The first kappa shape index (κ1) is 18.7. The SMILES string of the molecule is CC(c1ccc2c(c1)Cc1cc(C(Br)C(C)(C)C)ccc1-2)C(C)(C)C. The van der Waals surface area contributed by atoms with Crippen molar-refractivity contribution in [2.24, 2.45) is 10.8 Å². The highest BCUT2D eigenvalue weighted by atomic mass is 79.9. The summed E-state index contributed by atoms with van der Waals surface area (Å²) < 4.78 is 0. The second-order valence-electron chi connectivity index (χ2n) is 9.83. The van der Waals surface area contributed by atoms with Gasteiger partial charge in [0.25, 0.3) is 0 Å². The van der Waals surface area contributed by atoms with E-state index in [9.17, 15) is 0 Å². The number of benzene rings is 2. The van der Waals surface area contributed by atoms with Crippen LogP contribution >= 0.6 is 15.9 Å². The van der Waals surface area contributed by atoms with Gasteiger partial charge in [-0.1, -0.05) is 101 Å². The molecule has 2 unspecified atom stereocenters. The molecule has 0 aromatic heterocycles. The molecule has 0 saturated heterocycles. The van der Waals surface area contributed by atoms with Crippen LogP contribution in [0.4, 0.5) is 0 Å². The van der Waals surface area contributed by atoms with Crippen LogP contribution in [-0.2, 0) is 6.42 Å². The lowest BCUT2D eigenvalue weighted by Gasteiger charge is -2.28. The molecule has 0 aliphatic heterocycles. The summed E-state index contributed by atoms with van der Waals surface area (Å²) in [6.07, 6.45) is 1.06. The van der Waals surface area contributed by atoms with Gasteiger partial charge < -0.3 is 0 Å². The van der Waals surface area contributed by atoms with Crippen LogP contribution in [0.1, 0.15) is 81.5 Å². The Balaban J connectivity index is 1.95. The van der Waals surface area contributed by atoms with Gasteiger partial charge >= 0.3 is 0 Å². The Morgan fingerprint density at radius 3 is 1.72 bits per heavy atom. The minimum absolute atomic E-state index is 0.217. The lowest BCUT2D eigenvalue weighted by molar-refractivity contribution is 0.339. The quantitative estimate of drug-likeness (QED) is 0.384. The zero-order valence-electron chi connectivity index (χ0n) is 16.7. The van der Waals surface area contributed by atoms with Gasteiger partial charge in [0.2, 0.25) is 0 Å². The fraction of sp³-hybridized carbons (Fsp3) is 0.500. The van der Waals surface area contributed by atoms with Crippen LogP contribution in [0, 0.1) is 10.8 Å². The number of rotatable bonds is 2. The molecule has 0 radical (unpaired) electrons. The van der Waals surface area contributed by atoms with E-state index in [0.717, 1.165) is 6.42 Å². The Morgan fingerprint density at radius 1 is 0.760 bits per heavy atom. The van der Waals surface area contributed by atoms with Crippen molar-refractivity contribution < 1.29 is 0 Å². The van der Waals surface area contributed by atoms with E-state index in [0.29, 0.717) is 16.2 Å². The lowest BCUT2D eigenvalue weighted by atomic mass is 9.77. The summed E-state index contributed by atoms with van der Waals surface area (Å²) in [7, 11) is 0. The first-order valence-corrected chi connectivity index (χ1v) is 10.3. The molecule has 0 fully saturated rings. The molecule has 0 nitrogen and oxygen atoms in total. The number of fused-ring (bicyclic) bond motifs is 3. The average molecular weight is 399 g/mol. The number of alkyl halides is 1. The molecule has 0 heterocycles. The van der Waals surface area contributed by atoms with E-state index in [1.165, 1.54) is 33.4 Å². The van der Waals surface area contributed by atoms with Crippen molar-refractivity contribution in [3.05, 3.63) is 58.7 Å². The van der Waals surface area contributed by atoms with Crippen molar-refractivity contribution >= 4 is 15.9 Å². The Bertz CT molecular complexity index is 719. The normalized spacial score (nSPS) is 16.3. The maximum absolute atomic E-state index is 3.90. The van der Waals surface area contributed by atoms with Gasteiger partial charge in [-0.25, -0.2) is 0 Å². The number of halogens is 1. The molecule has 2 aromatic rings. The van der Waals surface area contributed by atoms with Gasteiger partial charge in [-0.05, 0) is 56.5 Å². The largest absolute Gasteiger partial charge is 0.0833 e. The summed E-state index contributed by atoms with van der Waals surface area (Å²) in [4.78, 5) is 0.380. The molecule has 3 rings (SSSR count). The van der Waals surface area contributed by atoms with Crippen LogP contribution in [0.15, 0.2) is 36.4 Å². The molecule has 1 aliphatic carbocycles. The van der Waals surface area contributed by atoms with Crippen LogP contribution in [0.3, 0.4) is 0 Å². The van der Waals surface area contributed by atoms with Crippen molar-refractivity contribution in [1.82, 2.24) is 0 Å². The maximum atomic E-state index is 3.90. The number of hydrogen-bond acceptors (Lipinski definition) is 0. The highest BCUT2D eigenvalue weighted by Gasteiger charge is 2.27. The Morgan fingerprint density at radius 2 is 1.24 bits per heavy atom. The fourth-order valence-corrected chi connectivity index (χ4v) is 3.96. The second-order valence-corrected chi connectivity index (χ2v) is 10.7. The fourth-order valence-electron chi connectivity index (χ4n) is 3.68. The molecule has 0 bridgehead atoms. The van der Waals surface area contributed by atoms with Gasteiger partial charge in [0.1, 0.15) is 0 Å². The minimum atomic E-state index is 0.217.